The molecule has 2 aromatic heterocycles. The number of halogens is 1. The minimum Gasteiger partial charge on any atom is -0.383 e. The molecule has 0 aliphatic heterocycles. The summed E-state index contributed by atoms with van der Waals surface area (Å²) in [7, 11) is 1.62. The second-order valence-corrected chi connectivity index (χ2v) is 5.29. The van der Waals surface area contributed by atoms with Crippen LogP contribution in [0.2, 0.25) is 0 Å². The summed E-state index contributed by atoms with van der Waals surface area (Å²) in [6, 6.07) is 3.57. The van der Waals surface area contributed by atoms with E-state index in [1.807, 2.05) is 19.9 Å². The molecular weight excluding hydrogens is 332 g/mol. The van der Waals surface area contributed by atoms with E-state index in [4.69, 9.17) is 4.74 Å². The normalized spacial score (nSPS) is 10.5. The van der Waals surface area contributed by atoms with Gasteiger partial charge in [-0.05, 0) is 12.0 Å². The van der Waals surface area contributed by atoms with Crippen LogP contribution in [0.4, 0.5) is 5.82 Å². The third-order valence-corrected chi connectivity index (χ3v) is 3.10. The van der Waals surface area contributed by atoms with E-state index in [9.17, 15) is 4.79 Å². The maximum atomic E-state index is 12.0. The fraction of sp³-hybridized carbons (Fsp3) is 0.467. The van der Waals surface area contributed by atoms with Gasteiger partial charge in [0.1, 0.15) is 5.82 Å². The highest BCUT2D eigenvalue weighted by Crippen LogP contribution is 2.20. The molecule has 0 radical (unpaired) electrons. The third-order valence-electron chi connectivity index (χ3n) is 3.10. The second kappa shape index (κ2) is 9.96. The van der Waals surface area contributed by atoms with E-state index in [1.165, 1.54) is 0 Å². The summed E-state index contributed by atoms with van der Waals surface area (Å²) < 4.78 is 6.47. The Bertz CT molecular complexity index is 632. The molecule has 0 saturated carbocycles. The molecule has 0 aromatic carbocycles. The van der Waals surface area contributed by atoms with Crippen LogP contribution < -0.4 is 10.6 Å². The van der Waals surface area contributed by atoms with Gasteiger partial charge >= 0.3 is 0 Å². The number of anilines is 1. The Kier molecular flexibility index (Phi) is 8.31. The highest BCUT2D eigenvalue weighted by Gasteiger charge is 2.15. The van der Waals surface area contributed by atoms with Gasteiger partial charge in [-0.2, -0.15) is 9.78 Å². The Labute approximate surface area is 147 Å². The molecule has 0 aliphatic rings. The number of rotatable bonds is 8. The standard InChI is InChI=1S/C15H22N6O2.ClH/c1-11(2)12-9-13(19-14(22)10-16-7-8-23-3)21(20-12)15-17-5-4-6-18-15;/h4-6,9,11,16H,7-8,10H2,1-3H3,(H,19,22);1H. The van der Waals surface area contributed by atoms with Crippen molar-refractivity contribution < 1.29 is 9.53 Å². The topological polar surface area (TPSA) is 94.0 Å². The number of amides is 1. The van der Waals surface area contributed by atoms with Gasteiger partial charge in [-0.3, -0.25) is 4.79 Å². The number of ether oxygens (including phenoxy) is 1. The predicted molar refractivity (Wildman–Crippen MR) is 93.9 cm³/mol. The molecule has 9 heteroatoms. The van der Waals surface area contributed by atoms with Crippen LogP contribution in [0.1, 0.15) is 25.5 Å². The Hall–Kier alpha value is -2.03. The smallest absolute Gasteiger partial charge is 0.252 e. The van der Waals surface area contributed by atoms with E-state index < -0.39 is 0 Å². The number of nitrogens with one attached hydrogen (secondary N) is 2. The summed E-state index contributed by atoms with van der Waals surface area (Å²) >= 11 is 0. The van der Waals surface area contributed by atoms with Gasteiger partial charge in [0.2, 0.25) is 5.91 Å². The quantitative estimate of drug-likeness (QED) is 0.695. The van der Waals surface area contributed by atoms with Crippen LogP contribution in [0, 0.1) is 0 Å². The summed E-state index contributed by atoms with van der Waals surface area (Å²) in [5, 5.41) is 10.3. The predicted octanol–water partition coefficient (Wildman–Crippen LogP) is 1.38. The van der Waals surface area contributed by atoms with Crippen LogP contribution in [-0.2, 0) is 9.53 Å². The molecule has 2 rings (SSSR count). The highest BCUT2D eigenvalue weighted by molar-refractivity contribution is 5.91. The largest absolute Gasteiger partial charge is 0.383 e. The van der Waals surface area contributed by atoms with Gasteiger partial charge in [0, 0.05) is 32.1 Å². The van der Waals surface area contributed by atoms with Crippen molar-refractivity contribution in [1.29, 1.82) is 0 Å². The fourth-order valence-electron chi connectivity index (χ4n) is 1.89. The first-order chi connectivity index (χ1) is 11.1. The van der Waals surface area contributed by atoms with Crippen LogP contribution in [-0.4, -0.2) is 52.5 Å². The van der Waals surface area contributed by atoms with E-state index in [2.05, 4.69) is 25.7 Å². The summed E-state index contributed by atoms with van der Waals surface area (Å²) in [6.45, 7) is 5.44. The molecular formula is C15H23ClN6O2. The molecule has 0 spiro atoms. The van der Waals surface area contributed by atoms with E-state index in [0.717, 1.165) is 5.69 Å². The molecule has 0 bridgehead atoms. The van der Waals surface area contributed by atoms with E-state index in [-0.39, 0.29) is 30.8 Å². The maximum Gasteiger partial charge on any atom is 0.252 e. The van der Waals surface area contributed by atoms with Gasteiger partial charge in [-0.1, -0.05) is 13.8 Å². The molecule has 2 heterocycles. The van der Waals surface area contributed by atoms with Crippen LogP contribution in [0.25, 0.3) is 5.95 Å². The third kappa shape index (κ3) is 5.55. The van der Waals surface area contributed by atoms with Crippen LogP contribution in [0.3, 0.4) is 0 Å². The van der Waals surface area contributed by atoms with E-state index in [0.29, 0.717) is 24.9 Å². The van der Waals surface area contributed by atoms with Crippen molar-refractivity contribution >= 4 is 24.1 Å². The second-order valence-electron chi connectivity index (χ2n) is 5.29. The molecule has 0 unspecified atom stereocenters. The van der Waals surface area contributed by atoms with Crippen LogP contribution in [0.15, 0.2) is 24.5 Å². The SMILES string of the molecule is COCCNCC(=O)Nc1cc(C(C)C)nn1-c1ncccn1.Cl. The Morgan fingerprint density at radius 2 is 2.04 bits per heavy atom. The van der Waals surface area contributed by atoms with Crippen LogP contribution in [0.5, 0.6) is 0 Å². The van der Waals surface area contributed by atoms with Gasteiger partial charge < -0.3 is 15.4 Å². The zero-order valence-electron chi connectivity index (χ0n) is 14.0. The van der Waals surface area contributed by atoms with Crippen molar-refractivity contribution in [2.75, 3.05) is 32.1 Å². The lowest BCUT2D eigenvalue weighted by atomic mass is 10.1. The molecule has 24 heavy (non-hydrogen) atoms. The molecule has 2 aromatic rings. The van der Waals surface area contributed by atoms with Crippen molar-refractivity contribution in [3.63, 3.8) is 0 Å². The lowest BCUT2D eigenvalue weighted by Gasteiger charge is -2.08. The monoisotopic (exact) mass is 354 g/mol. The van der Waals surface area contributed by atoms with E-state index >= 15 is 0 Å². The molecule has 0 saturated heterocycles. The summed E-state index contributed by atoms with van der Waals surface area (Å²) in [4.78, 5) is 20.4. The van der Waals surface area contributed by atoms with E-state index in [1.54, 1.807) is 30.3 Å². The number of nitrogens with zero attached hydrogens (tertiary/aromatic N) is 4. The minimum atomic E-state index is -0.159. The lowest BCUT2D eigenvalue weighted by Crippen LogP contribution is -2.31. The van der Waals surface area contributed by atoms with Gasteiger partial charge in [-0.15, -0.1) is 12.4 Å². The van der Waals surface area contributed by atoms with Crippen molar-refractivity contribution in [3.8, 4) is 5.95 Å². The lowest BCUT2D eigenvalue weighted by molar-refractivity contribution is -0.115. The highest BCUT2D eigenvalue weighted by atomic mass is 35.5. The maximum absolute atomic E-state index is 12.0. The van der Waals surface area contributed by atoms with Gasteiger partial charge in [-0.25, -0.2) is 9.97 Å². The van der Waals surface area contributed by atoms with Gasteiger partial charge in [0.25, 0.3) is 5.95 Å². The molecule has 1 amide bonds. The van der Waals surface area contributed by atoms with Gasteiger partial charge in [0.15, 0.2) is 0 Å². The summed E-state index contributed by atoms with van der Waals surface area (Å²) in [6.07, 6.45) is 3.27. The minimum absolute atomic E-state index is 0. The average Bonchev–Trinajstić information content (AvgIpc) is 2.96. The number of carbonyl (C=O) groups excluding carboxylic acids is 1. The average molecular weight is 355 g/mol. The summed E-state index contributed by atoms with van der Waals surface area (Å²) in [5.41, 5.74) is 0.861. The Morgan fingerprint density at radius 1 is 1.33 bits per heavy atom. The number of hydrogen-bond donors (Lipinski definition) is 2. The fourth-order valence-corrected chi connectivity index (χ4v) is 1.89. The zero-order valence-corrected chi connectivity index (χ0v) is 14.8. The Balaban J connectivity index is 0.00000288. The van der Waals surface area contributed by atoms with Gasteiger partial charge in [0.05, 0.1) is 18.8 Å². The first-order valence-corrected chi connectivity index (χ1v) is 7.48. The number of hydrogen-bond acceptors (Lipinski definition) is 6. The number of carbonyl (C=O) groups is 1. The van der Waals surface area contributed by atoms with Crippen molar-refractivity contribution in [2.24, 2.45) is 0 Å². The van der Waals surface area contributed by atoms with Crippen molar-refractivity contribution in [1.82, 2.24) is 25.1 Å². The number of aromatic nitrogens is 4. The first kappa shape index (κ1) is 20.0. The molecule has 132 valence electrons. The summed E-state index contributed by atoms with van der Waals surface area (Å²) in [5.74, 6) is 1.05. The molecule has 2 N–H and O–H groups in total. The molecule has 0 aliphatic carbocycles. The number of methoxy groups -OCH3 is 1. The molecule has 0 atom stereocenters. The Morgan fingerprint density at radius 3 is 2.67 bits per heavy atom. The van der Waals surface area contributed by atoms with Crippen LogP contribution >= 0.6 is 12.4 Å². The van der Waals surface area contributed by atoms with Crippen molar-refractivity contribution in [3.05, 3.63) is 30.2 Å². The van der Waals surface area contributed by atoms with Crippen molar-refractivity contribution in [2.45, 2.75) is 19.8 Å². The first-order valence-electron chi connectivity index (χ1n) is 7.48. The molecule has 8 nitrogen and oxygen atoms in total. The zero-order chi connectivity index (χ0) is 16.7. The molecule has 0 fully saturated rings.